The number of hydrogen-bond acceptors (Lipinski definition) is 3. The van der Waals surface area contributed by atoms with Gasteiger partial charge in [0.05, 0.1) is 5.75 Å². The molecular weight excluding hydrogens is 274 g/mol. The highest BCUT2D eigenvalue weighted by Crippen LogP contribution is 2.20. The number of aryl methyl sites for hydroxylation is 1. The number of halogens is 1. The van der Waals surface area contributed by atoms with E-state index >= 15 is 0 Å². The van der Waals surface area contributed by atoms with Gasteiger partial charge in [-0.1, -0.05) is 17.7 Å². The lowest BCUT2D eigenvalue weighted by Gasteiger charge is -2.08. The van der Waals surface area contributed by atoms with E-state index in [0.717, 1.165) is 11.8 Å². The molecule has 1 rings (SSSR count). The molecule has 0 spiro atoms. The minimum Gasteiger partial charge on any atom is -0.326 e. The van der Waals surface area contributed by atoms with Crippen molar-refractivity contribution in [3.05, 3.63) is 28.8 Å². The summed E-state index contributed by atoms with van der Waals surface area (Å²) in [7, 11) is -3.01. The molecule has 1 amide bonds. The van der Waals surface area contributed by atoms with Crippen LogP contribution in [0.1, 0.15) is 18.4 Å². The van der Waals surface area contributed by atoms with E-state index in [4.69, 9.17) is 11.6 Å². The molecule has 1 aromatic carbocycles. The van der Waals surface area contributed by atoms with Gasteiger partial charge in [0.2, 0.25) is 5.91 Å². The van der Waals surface area contributed by atoms with Crippen molar-refractivity contribution in [1.82, 2.24) is 0 Å². The zero-order chi connectivity index (χ0) is 13.8. The number of carbonyl (C=O) groups is 1. The SMILES string of the molecule is Cc1ccc(Cl)cc1NC(=O)CCCS(C)(=O)=O. The van der Waals surface area contributed by atoms with Crippen LogP contribution in [0, 0.1) is 6.92 Å². The first-order valence-electron chi connectivity index (χ1n) is 5.51. The second-order valence-electron chi connectivity index (χ2n) is 4.24. The average molecular weight is 290 g/mol. The van der Waals surface area contributed by atoms with Crippen molar-refractivity contribution in [1.29, 1.82) is 0 Å². The van der Waals surface area contributed by atoms with E-state index in [0.29, 0.717) is 17.1 Å². The normalized spacial score (nSPS) is 11.3. The van der Waals surface area contributed by atoms with Crippen LogP contribution in [-0.4, -0.2) is 26.3 Å². The molecule has 0 heterocycles. The van der Waals surface area contributed by atoms with Crippen molar-refractivity contribution in [2.24, 2.45) is 0 Å². The molecule has 1 aromatic rings. The number of benzene rings is 1. The quantitative estimate of drug-likeness (QED) is 0.905. The smallest absolute Gasteiger partial charge is 0.224 e. The Bertz CT molecular complexity index is 540. The van der Waals surface area contributed by atoms with Crippen LogP contribution in [-0.2, 0) is 14.6 Å². The molecule has 0 aliphatic heterocycles. The molecule has 18 heavy (non-hydrogen) atoms. The molecule has 0 atom stereocenters. The average Bonchev–Trinajstić information content (AvgIpc) is 2.21. The Hall–Kier alpha value is -1.07. The molecule has 4 nitrogen and oxygen atoms in total. The molecule has 0 aromatic heterocycles. The fourth-order valence-corrected chi connectivity index (χ4v) is 2.28. The van der Waals surface area contributed by atoms with Gasteiger partial charge in [-0.3, -0.25) is 4.79 Å². The van der Waals surface area contributed by atoms with Gasteiger partial charge in [0.1, 0.15) is 9.84 Å². The first kappa shape index (κ1) is 15.0. The second-order valence-corrected chi connectivity index (χ2v) is 6.94. The van der Waals surface area contributed by atoms with Gasteiger partial charge in [0, 0.05) is 23.4 Å². The summed E-state index contributed by atoms with van der Waals surface area (Å²) in [5.41, 5.74) is 1.57. The number of carbonyl (C=O) groups excluding carboxylic acids is 1. The Morgan fingerprint density at radius 1 is 1.39 bits per heavy atom. The monoisotopic (exact) mass is 289 g/mol. The predicted molar refractivity (Wildman–Crippen MR) is 73.8 cm³/mol. The van der Waals surface area contributed by atoms with Gasteiger partial charge in [-0.25, -0.2) is 8.42 Å². The maximum absolute atomic E-state index is 11.6. The third kappa shape index (κ3) is 5.51. The van der Waals surface area contributed by atoms with Crippen molar-refractivity contribution >= 4 is 33.0 Å². The number of nitrogens with one attached hydrogen (secondary N) is 1. The topological polar surface area (TPSA) is 63.2 Å². The highest BCUT2D eigenvalue weighted by molar-refractivity contribution is 7.90. The molecule has 0 aliphatic rings. The number of amides is 1. The van der Waals surface area contributed by atoms with Crippen LogP contribution in [0.15, 0.2) is 18.2 Å². The number of hydrogen-bond donors (Lipinski definition) is 1. The first-order valence-corrected chi connectivity index (χ1v) is 7.95. The van der Waals surface area contributed by atoms with Crippen molar-refractivity contribution in [3.8, 4) is 0 Å². The van der Waals surface area contributed by atoms with Crippen LogP contribution < -0.4 is 5.32 Å². The molecule has 100 valence electrons. The third-order valence-corrected chi connectivity index (χ3v) is 3.66. The summed E-state index contributed by atoms with van der Waals surface area (Å²) in [5.74, 6) is -0.182. The van der Waals surface area contributed by atoms with Gasteiger partial charge in [-0.2, -0.15) is 0 Å². The molecule has 0 saturated carbocycles. The summed E-state index contributed by atoms with van der Waals surface area (Å²) in [6, 6.07) is 5.23. The molecular formula is C12H16ClNO3S. The van der Waals surface area contributed by atoms with Crippen LogP contribution in [0.25, 0.3) is 0 Å². The van der Waals surface area contributed by atoms with E-state index in [-0.39, 0.29) is 18.1 Å². The molecule has 0 radical (unpaired) electrons. The largest absolute Gasteiger partial charge is 0.326 e. The van der Waals surface area contributed by atoms with Crippen LogP contribution in [0.3, 0.4) is 0 Å². The maximum atomic E-state index is 11.6. The summed E-state index contributed by atoms with van der Waals surface area (Å²) in [5, 5.41) is 3.27. The Morgan fingerprint density at radius 2 is 2.06 bits per heavy atom. The first-order chi connectivity index (χ1) is 8.28. The van der Waals surface area contributed by atoms with Crippen molar-refractivity contribution in [2.45, 2.75) is 19.8 Å². The Labute approximate surface area is 112 Å². The van der Waals surface area contributed by atoms with Crippen LogP contribution in [0.2, 0.25) is 5.02 Å². The summed E-state index contributed by atoms with van der Waals surface area (Å²) in [4.78, 5) is 11.6. The lowest BCUT2D eigenvalue weighted by molar-refractivity contribution is -0.116. The maximum Gasteiger partial charge on any atom is 0.224 e. The Kier molecular flexibility index (Phi) is 5.16. The highest BCUT2D eigenvalue weighted by atomic mass is 35.5. The molecule has 6 heteroatoms. The molecule has 1 N–H and O–H groups in total. The summed E-state index contributed by atoms with van der Waals surface area (Å²) in [6.45, 7) is 1.86. The van der Waals surface area contributed by atoms with Crippen LogP contribution in [0.4, 0.5) is 5.69 Å². The zero-order valence-electron chi connectivity index (χ0n) is 10.4. The predicted octanol–water partition coefficient (Wildman–Crippen LogP) is 2.41. The summed E-state index contributed by atoms with van der Waals surface area (Å²) >= 11 is 5.83. The standard InChI is InChI=1S/C12H16ClNO3S/c1-9-5-6-10(13)8-11(9)14-12(15)4-3-7-18(2,16)17/h5-6,8H,3-4,7H2,1-2H3,(H,14,15). The van der Waals surface area contributed by atoms with E-state index in [1.165, 1.54) is 0 Å². The lowest BCUT2D eigenvalue weighted by Crippen LogP contribution is -2.14. The van der Waals surface area contributed by atoms with Gasteiger partial charge in [-0.15, -0.1) is 0 Å². The highest BCUT2D eigenvalue weighted by Gasteiger charge is 2.08. The van der Waals surface area contributed by atoms with Crippen LogP contribution >= 0.6 is 11.6 Å². The van der Waals surface area contributed by atoms with E-state index in [2.05, 4.69) is 5.32 Å². The fourth-order valence-electron chi connectivity index (χ4n) is 1.44. The third-order valence-electron chi connectivity index (χ3n) is 2.39. The van der Waals surface area contributed by atoms with Gasteiger partial charge in [0.25, 0.3) is 0 Å². The lowest BCUT2D eigenvalue weighted by atomic mass is 10.2. The number of rotatable bonds is 5. The molecule has 0 fully saturated rings. The fraction of sp³-hybridized carbons (Fsp3) is 0.417. The van der Waals surface area contributed by atoms with E-state index in [9.17, 15) is 13.2 Å². The zero-order valence-corrected chi connectivity index (χ0v) is 11.9. The van der Waals surface area contributed by atoms with Gasteiger partial charge >= 0.3 is 0 Å². The summed E-state index contributed by atoms with van der Waals surface area (Å²) < 4.78 is 21.8. The van der Waals surface area contributed by atoms with E-state index < -0.39 is 9.84 Å². The van der Waals surface area contributed by atoms with E-state index in [1.807, 2.05) is 13.0 Å². The van der Waals surface area contributed by atoms with Crippen molar-refractivity contribution < 1.29 is 13.2 Å². The second kappa shape index (κ2) is 6.20. The van der Waals surface area contributed by atoms with Gasteiger partial charge in [0.15, 0.2) is 0 Å². The number of sulfone groups is 1. The van der Waals surface area contributed by atoms with E-state index in [1.54, 1.807) is 12.1 Å². The Morgan fingerprint density at radius 3 is 2.67 bits per heavy atom. The molecule has 0 unspecified atom stereocenters. The Balaban J connectivity index is 2.52. The van der Waals surface area contributed by atoms with Crippen LogP contribution in [0.5, 0.6) is 0 Å². The molecule has 0 bridgehead atoms. The van der Waals surface area contributed by atoms with Crippen molar-refractivity contribution in [3.63, 3.8) is 0 Å². The summed E-state index contributed by atoms with van der Waals surface area (Å²) in [6.07, 6.45) is 1.66. The molecule has 0 saturated heterocycles. The number of anilines is 1. The van der Waals surface area contributed by atoms with Gasteiger partial charge in [-0.05, 0) is 31.0 Å². The molecule has 0 aliphatic carbocycles. The minimum atomic E-state index is -3.01. The minimum absolute atomic E-state index is 0.0228. The van der Waals surface area contributed by atoms with Gasteiger partial charge < -0.3 is 5.32 Å². The van der Waals surface area contributed by atoms with Crippen molar-refractivity contribution in [2.75, 3.05) is 17.3 Å².